The smallest absolute Gasteiger partial charge is 0.0464 e. The van der Waals surface area contributed by atoms with Crippen molar-refractivity contribution in [2.24, 2.45) is 0 Å². The summed E-state index contributed by atoms with van der Waals surface area (Å²) in [5.41, 5.74) is 2.46. The van der Waals surface area contributed by atoms with Gasteiger partial charge in [0.15, 0.2) is 0 Å². The van der Waals surface area contributed by atoms with Crippen molar-refractivity contribution in [3.63, 3.8) is 0 Å². The van der Waals surface area contributed by atoms with E-state index in [0.717, 1.165) is 18.0 Å². The lowest BCUT2D eigenvalue weighted by Crippen LogP contribution is -2.19. The maximum Gasteiger partial charge on any atom is 0.0464 e. The summed E-state index contributed by atoms with van der Waals surface area (Å²) in [6.45, 7) is 7.47. The zero-order valence-corrected chi connectivity index (χ0v) is 14.4. The van der Waals surface area contributed by atoms with Crippen LogP contribution in [0.4, 0.5) is 0 Å². The van der Waals surface area contributed by atoms with Crippen LogP contribution in [0.25, 0.3) is 0 Å². The number of hydrogen-bond acceptors (Lipinski definition) is 2. The molecule has 1 N–H and O–H groups in total. The first-order chi connectivity index (χ1) is 10.1. The standard InChI is InChI=1S/C18H22ClNS/c1-4-11-20-14(3)16-10-9-15(12-17(16)19)21-18-8-6-5-7-13(18)2/h5-10,12,14,20H,4,11H2,1-3H3. The van der Waals surface area contributed by atoms with Crippen molar-refractivity contribution in [3.05, 3.63) is 58.6 Å². The first-order valence-corrected chi connectivity index (χ1v) is 8.57. The van der Waals surface area contributed by atoms with Crippen molar-refractivity contribution in [2.45, 2.75) is 43.0 Å². The van der Waals surface area contributed by atoms with Gasteiger partial charge < -0.3 is 5.32 Å². The molecule has 21 heavy (non-hydrogen) atoms. The highest BCUT2D eigenvalue weighted by Gasteiger charge is 2.10. The van der Waals surface area contributed by atoms with Crippen LogP contribution in [-0.4, -0.2) is 6.54 Å². The summed E-state index contributed by atoms with van der Waals surface area (Å²) in [5.74, 6) is 0. The van der Waals surface area contributed by atoms with Crippen molar-refractivity contribution >= 4 is 23.4 Å². The quantitative estimate of drug-likeness (QED) is 0.715. The summed E-state index contributed by atoms with van der Waals surface area (Å²) < 4.78 is 0. The monoisotopic (exact) mass is 319 g/mol. The van der Waals surface area contributed by atoms with E-state index in [-0.39, 0.29) is 6.04 Å². The summed E-state index contributed by atoms with van der Waals surface area (Å²) in [6, 6.07) is 15.1. The van der Waals surface area contributed by atoms with Gasteiger partial charge in [0.2, 0.25) is 0 Å². The molecule has 2 aromatic carbocycles. The van der Waals surface area contributed by atoms with Crippen molar-refractivity contribution in [1.82, 2.24) is 5.32 Å². The Hall–Kier alpha value is -0.960. The van der Waals surface area contributed by atoms with Crippen molar-refractivity contribution in [3.8, 4) is 0 Å². The minimum absolute atomic E-state index is 0.287. The highest BCUT2D eigenvalue weighted by atomic mass is 35.5. The van der Waals surface area contributed by atoms with Gasteiger partial charge in [0, 0.05) is 20.9 Å². The Bertz CT molecular complexity index is 598. The molecule has 0 amide bonds. The van der Waals surface area contributed by atoms with Crippen LogP contribution < -0.4 is 5.32 Å². The molecule has 0 bridgehead atoms. The maximum atomic E-state index is 6.46. The Morgan fingerprint density at radius 3 is 2.62 bits per heavy atom. The van der Waals surface area contributed by atoms with Crippen LogP contribution in [0, 0.1) is 6.92 Å². The third-order valence-corrected chi connectivity index (χ3v) is 4.96. The van der Waals surface area contributed by atoms with Crippen molar-refractivity contribution in [1.29, 1.82) is 0 Å². The summed E-state index contributed by atoms with van der Waals surface area (Å²) >= 11 is 8.22. The molecule has 0 aromatic heterocycles. The maximum absolute atomic E-state index is 6.46. The second kappa shape index (κ2) is 7.88. The molecule has 3 heteroatoms. The minimum Gasteiger partial charge on any atom is -0.310 e. The molecule has 0 spiro atoms. The van der Waals surface area contributed by atoms with Crippen LogP contribution in [0.2, 0.25) is 5.02 Å². The van der Waals surface area contributed by atoms with E-state index in [9.17, 15) is 0 Å². The Balaban J connectivity index is 2.14. The van der Waals surface area contributed by atoms with Gasteiger partial charge in [0.1, 0.15) is 0 Å². The number of rotatable bonds is 6. The number of halogens is 1. The molecule has 1 atom stereocenters. The van der Waals surface area contributed by atoms with Crippen LogP contribution >= 0.6 is 23.4 Å². The van der Waals surface area contributed by atoms with Crippen LogP contribution in [0.15, 0.2) is 52.3 Å². The number of nitrogens with one attached hydrogen (secondary N) is 1. The molecule has 0 fully saturated rings. The van der Waals surface area contributed by atoms with Crippen molar-refractivity contribution in [2.75, 3.05) is 6.54 Å². The van der Waals surface area contributed by atoms with Crippen molar-refractivity contribution < 1.29 is 0 Å². The number of benzene rings is 2. The van der Waals surface area contributed by atoms with Crippen LogP contribution in [0.5, 0.6) is 0 Å². The van der Waals surface area contributed by atoms with E-state index < -0.39 is 0 Å². The Labute approximate surface area is 137 Å². The zero-order valence-electron chi connectivity index (χ0n) is 12.8. The second-order valence-corrected chi connectivity index (χ2v) is 6.75. The number of hydrogen-bond donors (Lipinski definition) is 1. The lowest BCUT2D eigenvalue weighted by Gasteiger charge is -2.16. The van der Waals surface area contributed by atoms with Gasteiger partial charge in [0.05, 0.1) is 0 Å². The predicted molar refractivity (Wildman–Crippen MR) is 93.5 cm³/mol. The Morgan fingerprint density at radius 1 is 1.19 bits per heavy atom. The van der Waals surface area contributed by atoms with E-state index in [4.69, 9.17) is 11.6 Å². The molecular formula is C18H22ClNS. The molecule has 112 valence electrons. The topological polar surface area (TPSA) is 12.0 Å². The lowest BCUT2D eigenvalue weighted by atomic mass is 10.1. The van der Waals surface area contributed by atoms with E-state index in [1.165, 1.54) is 20.9 Å². The fourth-order valence-electron chi connectivity index (χ4n) is 2.19. The van der Waals surface area contributed by atoms with E-state index in [1.54, 1.807) is 11.8 Å². The molecule has 1 nitrogen and oxygen atoms in total. The van der Waals surface area contributed by atoms with Gasteiger partial charge in [-0.15, -0.1) is 0 Å². The average molecular weight is 320 g/mol. The second-order valence-electron chi connectivity index (χ2n) is 5.23. The Kier molecular flexibility index (Phi) is 6.16. The SMILES string of the molecule is CCCNC(C)c1ccc(Sc2ccccc2C)cc1Cl. The summed E-state index contributed by atoms with van der Waals surface area (Å²) in [6.07, 6.45) is 1.13. The van der Waals surface area contributed by atoms with E-state index in [1.807, 2.05) is 0 Å². The molecule has 0 aliphatic carbocycles. The third kappa shape index (κ3) is 4.50. The summed E-state index contributed by atoms with van der Waals surface area (Å²) in [7, 11) is 0. The van der Waals surface area contributed by atoms with Gasteiger partial charge in [-0.2, -0.15) is 0 Å². The molecule has 2 rings (SSSR count). The molecular weight excluding hydrogens is 298 g/mol. The van der Waals surface area contributed by atoms with Gasteiger partial charge in [-0.05, 0) is 56.1 Å². The first-order valence-electron chi connectivity index (χ1n) is 7.38. The van der Waals surface area contributed by atoms with Crippen LogP contribution in [0.3, 0.4) is 0 Å². The normalized spacial score (nSPS) is 12.4. The zero-order chi connectivity index (χ0) is 15.2. The highest BCUT2D eigenvalue weighted by Crippen LogP contribution is 2.34. The first kappa shape index (κ1) is 16.4. The van der Waals surface area contributed by atoms with Gasteiger partial charge >= 0.3 is 0 Å². The molecule has 0 saturated carbocycles. The largest absolute Gasteiger partial charge is 0.310 e. The summed E-state index contributed by atoms with van der Waals surface area (Å²) in [5, 5.41) is 4.31. The highest BCUT2D eigenvalue weighted by molar-refractivity contribution is 7.99. The van der Waals surface area contributed by atoms with Gasteiger partial charge in [-0.25, -0.2) is 0 Å². The van der Waals surface area contributed by atoms with Gasteiger partial charge in [-0.1, -0.05) is 54.6 Å². The average Bonchev–Trinajstić information content (AvgIpc) is 2.47. The fraction of sp³-hybridized carbons (Fsp3) is 0.333. The predicted octanol–water partition coefficient (Wildman–Crippen LogP) is 5.86. The summed E-state index contributed by atoms with van der Waals surface area (Å²) in [4.78, 5) is 2.46. The Morgan fingerprint density at radius 2 is 1.95 bits per heavy atom. The molecule has 0 radical (unpaired) electrons. The van der Waals surface area contributed by atoms with Gasteiger partial charge in [0.25, 0.3) is 0 Å². The van der Waals surface area contributed by atoms with Crippen LogP contribution in [0.1, 0.15) is 37.4 Å². The van der Waals surface area contributed by atoms with E-state index in [0.29, 0.717) is 0 Å². The number of aryl methyl sites for hydroxylation is 1. The van der Waals surface area contributed by atoms with E-state index >= 15 is 0 Å². The minimum atomic E-state index is 0.287. The molecule has 0 saturated heterocycles. The third-order valence-electron chi connectivity index (χ3n) is 3.46. The molecule has 0 aliphatic rings. The molecule has 1 unspecified atom stereocenters. The van der Waals surface area contributed by atoms with E-state index in [2.05, 4.69) is 68.6 Å². The molecule has 0 aliphatic heterocycles. The molecule has 2 aromatic rings. The molecule has 0 heterocycles. The van der Waals surface area contributed by atoms with Gasteiger partial charge in [-0.3, -0.25) is 0 Å². The lowest BCUT2D eigenvalue weighted by molar-refractivity contribution is 0.570. The van der Waals surface area contributed by atoms with Crippen LogP contribution in [-0.2, 0) is 0 Å². The fourth-order valence-corrected chi connectivity index (χ4v) is 3.54.